The van der Waals surface area contributed by atoms with Crippen molar-refractivity contribution in [2.24, 2.45) is 5.92 Å². The monoisotopic (exact) mass is 296 g/mol. The second-order valence-electron chi connectivity index (χ2n) is 7.86. The van der Waals surface area contributed by atoms with Gasteiger partial charge in [0.15, 0.2) is 0 Å². The minimum atomic E-state index is -0.762. The Morgan fingerprint density at radius 1 is 1.10 bits per heavy atom. The van der Waals surface area contributed by atoms with Crippen LogP contribution < -0.4 is 0 Å². The maximum absolute atomic E-state index is 11.6. The standard InChI is InChI=1S/C17H32N2O2/c1-17(2,3)19(16(20)21)15-9-7-14(8-10-15)13-18-11-5-4-6-12-18/h14-15H,4-13H2,1-3H3,(H,20,21). The Morgan fingerprint density at radius 2 is 1.67 bits per heavy atom. The first-order valence-electron chi connectivity index (χ1n) is 8.62. The highest BCUT2D eigenvalue weighted by Gasteiger charge is 2.35. The summed E-state index contributed by atoms with van der Waals surface area (Å²) in [5.41, 5.74) is -0.295. The summed E-state index contributed by atoms with van der Waals surface area (Å²) in [6.07, 6.45) is 7.76. The third-order valence-electron chi connectivity index (χ3n) is 5.08. The summed E-state index contributed by atoms with van der Waals surface area (Å²) in [7, 11) is 0. The van der Waals surface area contributed by atoms with Crippen LogP contribution in [0.25, 0.3) is 0 Å². The Labute approximate surface area is 129 Å². The lowest BCUT2D eigenvalue weighted by molar-refractivity contribution is 0.0460. The van der Waals surface area contributed by atoms with Crippen LogP contribution in [0.3, 0.4) is 0 Å². The van der Waals surface area contributed by atoms with Crippen molar-refractivity contribution in [3.63, 3.8) is 0 Å². The van der Waals surface area contributed by atoms with Crippen molar-refractivity contribution >= 4 is 6.09 Å². The summed E-state index contributed by atoms with van der Waals surface area (Å²) in [5.74, 6) is 0.773. The van der Waals surface area contributed by atoms with E-state index in [0.717, 1.165) is 18.8 Å². The van der Waals surface area contributed by atoms with Crippen LogP contribution in [0.1, 0.15) is 65.7 Å². The fourth-order valence-electron chi connectivity index (χ4n) is 4.08. The van der Waals surface area contributed by atoms with Gasteiger partial charge in [0.1, 0.15) is 0 Å². The Morgan fingerprint density at radius 3 is 2.14 bits per heavy atom. The summed E-state index contributed by atoms with van der Waals surface area (Å²) in [6, 6.07) is 0.208. The van der Waals surface area contributed by atoms with E-state index < -0.39 is 6.09 Å². The third kappa shape index (κ3) is 4.60. The van der Waals surface area contributed by atoms with E-state index in [1.165, 1.54) is 51.7 Å². The first-order chi connectivity index (χ1) is 9.88. The molecule has 1 amide bonds. The molecule has 0 atom stereocenters. The van der Waals surface area contributed by atoms with Crippen molar-refractivity contribution in [1.82, 2.24) is 9.80 Å². The maximum atomic E-state index is 11.6. The Kier molecular flexibility index (Phi) is 5.53. The van der Waals surface area contributed by atoms with Gasteiger partial charge in [0, 0.05) is 18.1 Å². The molecule has 21 heavy (non-hydrogen) atoms. The zero-order chi connectivity index (χ0) is 15.5. The first-order valence-corrected chi connectivity index (χ1v) is 8.62. The van der Waals surface area contributed by atoms with Crippen LogP contribution in [0.4, 0.5) is 4.79 Å². The van der Waals surface area contributed by atoms with Crippen LogP contribution in [-0.2, 0) is 0 Å². The molecule has 0 aromatic rings. The molecule has 0 aromatic carbocycles. The quantitative estimate of drug-likeness (QED) is 0.861. The molecule has 0 spiro atoms. The zero-order valence-corrected chi connectivity index (χ0v) is 14.0. The fraction of sp³-hybridized carbons (Fsp3) is 0.941. The van der Waals surface area contributed by atoms with Crippen molar-refractivity contribution in [2.45, 2.75) is 77.3 Å². The molecule has 1 aliphatic heterocycles. The van der Waals surface area contributed by atoms with Crippen molar-refractivity contribution < 1.29 is 9.90 Å². The molecule has 2 aliphatic rings. The normalized spacial score (nSPS) is 28.3. The minimum absolute atomic E-state index is 0.208. The van der Waals surface area contributed by atoms with Crippen LogP contribution >= 0.6 is 0 Å². The number of carboxylic acid groups (broad SMARTS) is 1. The molecule has 1 N–H and O–H groups in total. The summed E-state index contributed by atoms with van der Waals surface area (Å²) >= 11 is 0. The molecule has 0 bridgehead atoms. The molecule has 0 unspecified atom stereocenters. The van der Waals surface area contributed by atoms with E-state index in [-0.39, 0.29) is 11.6 Å². The van der Waals surface area contributed by atoms with Crippen LogP contribution in [0.5, 0.6) is 0 Å². The minimum Gasteiger partial charge on any atom is -0.465 e. The number of piperidine rings is 1. The number of amides is 1. The molecule has 4 heteroatoms. The lowest BCUT2D eigenvalue weighted by Crippen LogP contribution is -2.52. The van der Waals surface area contributed by atoms with Gasteiger partial charge < -0.3 is 14.9 Å². The van der Waals surface area contributed by atoms with Crippen molar-refractivity contribution in [1.29, 1.82) is 0 Å². The van der Waals surface area contributed by atoms with Gasteiger partial charge in [0.05, 0.1) is 0 Å². The van der Waals surface area contributed by atoms with Crippen LogP contribution in [-0.4, -0.2) is 52.2 Å². The average molecular weight is 296 g/mol. The predicted octanol–water partition coefficient (Wildman–Crippen LogP) is 3.81. The first kappa shape index (κ1) is 16.6. The molecule has 2 rings (SSSR count). The molecule has 0 radical (unpaired) electrons. The van der Waals surface area contributed by atoms with Gasteiger partial charge in [-0.15, -0.1) is 0 Å². The number of hydrogen-bond donors (Lipinski definition) is 1. The molecule has 1 saturated carbocycles. The van der Waals surface area contributed by atoms with Gasteiger partial charge >= 0.3 is 6.09 Å². The van der Waals surface area contributed by atoms with E-state index >= 15 is 0 Å². The van der Waals surface area contributed by atoms with Gasteiger partial charge in [-0.2, -0.15) is 0 Å². The highest BCUT2D eigenvalue weighted by Crippen LogP contribution is 2.32. The van der Waals surface area contributed by atoms with E-state index in [0.29, 0.717) is 0 Å². The van der Waals surface area contributed by atoms with Gasteiger partial charge in [-0.3, -0.25) is 0 Å². The SMILES string of the molecule is CC(C)(C)N(C(=O)O)C1CCC(CN2CCCCC2)CC1. The zero-order valence-electron chi connectivity index (χ0n) is 14.0. The van der Waals surface area contributed by atoms with E-state index in [1.54, 1.807) is 4.90 Å². The van der Waals surface area contributed by atoms with Crippen molar-refractivity contribution in [3.05, 3.63) is 0 Å². The van der Waals surface area contributed by atoms with Crippen LogP contribution in [0.15, 0.2) is 0 Å². The fourth-order valence-corrected chi connectivity index (χ4v) is 4.08. The summed E-state index contributed by atoms with van der Waals surface area (Å²) in [5, 5.41) is 9.51. The van der Waals surface area contributed by atoms with E-state index in [1.807, 2.05) is 20.8 Å². The Balaban J connectivity index is 1.83. The smallest absolute Gasteiger partial charge is 0.407 e. The lowest BCUT2D eigenvalue weighted by atomic mass is 9.83. The number of hydrogen-bond acceptors (Lipinski definition) is 2. The number of rotatable bonds is 3. The molecule has 2 fully saturated rings. The maximum Gasteiger partial charge on any atom is 0.407 e. The van der Waals surface area contributed by atoms with Crippen molar-refractivity contribution in [2.75, 3.05) is 19.6 Å². The van der Waals surface area contributed by atoms with Gasteiger partial charge in [0.25, 0.3) is 0 Å². The second kappa shape index (κ2) is 6.99. The highest BCUT2D eigenvalue weighted by molar-refractivity contribution is 5.66. The van der Waals surface area contributed by atoms with Gasteiger partial charge in [-0.05, 0) is 78.3 Å². The molecule has 1 heterocycles. The van der Waals surface area contributed by atoms with Gasteiger partial charge in [0.2, 0.25) is 0 Å². The lowest BCUT2D eigenvalue weighted by Gasteiger charge is -2.43. The van der Waals surface area contributed by atoms with E-state index in [9.17, 15) is 9.90 Å². The number of nitrogens with zero attached hydrogens (tertiary/aromatic N) is 2. The van der Waals surface area contributed by atoms with Gasteiger partial charge in [-0.25, -0.2) is 4.79 Å². The van der Waals surface area contributed by atoms with E-state index in [4.69, 9.17) is 0 Å². The molecule has 1 saturated heterocycles. The topological polar surface area (TPSA) is 43.8 Å². The summed E-state index contributed by atoms with van der Waals surface area (Å²) in [4.78, 5) is 15.9. The Bertz CT molecular complexity index is 337. The Hall–Kier alpha value is -0.770. The molecule has 122 valence electrons. The summed E-state index contributed by atoms with van der Waals surface area (Å²) in [6.45, 7) is 9.77. The predicted molar refractivity (Wildman–Crippen MR) is 85.7 cm³/mol. The molecule has 0 aromatic heterocycles. The second-order valence-corrected chi connectivity index (χ2v) is 7.86. The molecule has 4 nitrogen and oxygen atoms in total. The number of carbonyl (C=O) groups is 1. The highest BCUT2D eigenvalue weighted by atomic mass is 16.4. The third-order valence-corrected chi connectivity index (χ3v) is 5.08. The van der Waals surface area contributed by atoms with Gasteiger partial charge in [-0.1, -0.05) is 6.42 Å². The molecular formula is C17H32N2O2. The number of likely N-dealkylation sites (tertiary alicyclic amines) is 1. The van der Waals surface area contributed by atoms with Crippen molar-refractivity contribution in [3.8, 4) is 0 Å². The molecular weight excluding hydrogens is 264 g/mol. The summed E-state index contributed by atoms with van der Waals surface area (Å²) < 4.78 is 0. The molecule has 1 aliphatic carbocycles. The van der Waals surface area contributed by atoms with Crippen LogP contribution in [0, 0.1) is 5.92 Å². The van der Waals surface area contributed by atoms with Crippen LogP contribution in [0.2, 0.25) is 0 Å². The largest absolute Gasteiger partial charge is 0.465 e. The van der Waals surface area contributed by atoms with E-state index in [2.05, 4.69) is 4.90 Å². The average Bonchev–Trinajstić information content (AvgIpc) is 2.40.